The van der Waals surface area contributed by atoms with Crippen molar-refractivity contribution in [1.29, 1.82) is 0 Å². The van der Waals surface area contributed by atoms with Crippen LogP contribution in [0.3, 0.4) is 0 Å². The molecule has 1 N–H and O–H groups in total. The van der Waals surface area contributed by atoms with Crippen molar-refractivity contribution in [2.24, 2.45) is 0 Å². The third-order valence-corrected chi connectivity index (χ3v) is 4.85. The number of imidazole rings is 1. The third-order valence-electron chi connectivity index (χ3n) is 4.85. The van der Waals surface area contributed by atoms with Crippen LogP contribution in [0.15, 0.2) is 12.4 Å². The van der Waals surface area contributed by atoms with Gasteiger partial charge in [0.15, 0.2) is 0 Å². The molecular weight excluding hydrogens is 308 g/mol. The molecule has 0 saturated carbocycles. The topological polar surface area (TPSA) is 73.7 Å². The van der Waals surface area contributed by atoms with Gasteiger partial charge in [0.25, 0.3) is 0 Å². The molecule has 8 nitrogen and oxygen atoms in total. The molecule has 0 aromatic carbocycles. The minimum atomic E-state index is -0.266. The minimum Gasteiger partial charge on any atom is -0.336 e. The summed E-state index contributed by atoms with van der Waals surface area (Å²) in [6, 6.07) is 0.0825. The molecule has 2 aliphatic heterocycles. The fraction of sp³-hybridized carbons (Fsp3) is 0.688. The van der Waals surface area contributed by atoms with Crippen molar-refractivity contribution in [3.63, 3.8) is 0 Å². The molecule has 3 heterocycles. The van der Waals surface area contributed by atoms with E-state index in [1.165, 1.54) is 4.90 Å². The Hall–Kier alpha value is -1.93. The van der Waals surface area contributed by atoms with Crippen molar-refractivity contribution < 1.29 is 9.59 Å². The van der Waals surface area contributed by atoms with Crippen LogP contribution >= 0.6 is 0 Å². The summed E-state index contributed by atoms with van der Waals surface area (Å²) in [6.07, 6.45) is 3.86. The van der Waals surface area contributed by atoms with Gasteiger partial charge < -0.3 is 9.88 Å². The van der Waals surface area contributed by atoms with E-state index in [1.807, 2.05) is 12.4 Å². The number of amides is 3. The Kier molecular flexibility index (Phi) is 5.15. The highest BCUT2D eigenvalue weighted by Gasteiger charge is 2.30. The maximum atomic E-state index is 12.2. The zero-order chi connectivity index (χ0) is 17.1. The standard InChI is InChI=1S/C16H26N6O2/c1-3-20-6-4-17-14(20)11-21-9-8-19(10-13(21)2)12-15(23)22-7-5-18-16(22)24/h4,6,13H,3,5,7-12H2,1-2H3,(H,18,24)/t13-/m0/s1. The molecule has 3 rings (SSSR count). The lowest BCUT2D eigenvalue weighted by Crippen LogP contribution is -2.54. The molecule has 1 atom stereocenters. The van der Waals surface area contributed by atoms with Gasteiger partial charge >= 0.3 is 6.03 Å². The van der Waals surface area contributed by atoms with Crippen LogP contribution in [0.5, 0.6) is 0 Å². The molecular formula is C16H26N6O2. The molecule has 1 aromatic rings. The summed E-state index contributed by atoms with van der Waals surface area (Å²) >= 11 is 0. The average Bonchev–Trinajstić information content (AvgIpc) is 3.18. The number of urea groups is 1. The Labute approximate surface area is 142 Å². The molecule has 3 amide bonds. The van der Waals surface area contributed by atoms with Gasteiger partial charge in [-0.25, -0.2) is 9.78 Å². The second kappa shape index (κ2) is 7.31. The van der Waals surface area contributed by atoms with Gasteiger partial charge in [-0.1, -0.05) is 0 Å². The Balaban J connectivity index is 1.51. The van der Waals surface area contributed by atoms with E-state index >= 15 is 0 Å². The van der Waals surface area contributed by atoms with Gasteiger partial charge in [0.05, 0.1) is 13.1 Å². The smallest absolute Gasteiger partial charge is 0.324 e. The fourth-order valence-corrected chi connectivity index (χ4v) is 3.40. The second-order valence-corrected chi connectivity index (χ2v) is 6.46. The van der Waals surface area contributed by atoms with Crippen molar-refractivity contribution in [2.75, 3.05) is 39.3 Å². The molecule has 0 aliphatic carbocycles. The molecule has 1 aromatic heterocycles. The van der Waals surface area contributed by atoms with Gasteiger partial charge in [0, 0.05) is 57.7 Å². The zero-order valence-corrected chi connectivity index (χ0v) is 14.4. The molecule has 24 heavy (non-hydrogen) atoms. The predicted molar refractivity (Wildman–Crippen MR) is 89.3 cm³/mol. The Bertz CT molecular complexity index is 601. The first kappa shape index (κ1) is 16.9. The van der Waals surface area contributed by atoms with E-state index in [1.54, 1.807) is 0 Å². The molecule has 0 spiro atoms. The number of imide groups is 1. The number of nitrogens with zero attached hydrogens (tertiary/aromatic N) is 5. The largest absolute Gasteiger partial charge is 0.336 e. The molecule has 2 fully saturated rings. The van der Waals surface area contributed by atoms with Gasteiger partial charge in [-0.15, -0.1) is 0 Å². The summed E-state index contributed by atoms with van der Waals surface area (Å²) in [7, 11) is 0. The maximum absolute atomic E-state index is 12.2. The van der Waals surface area contributed by atoms with Gasteiger partial charge in [0.1, 0.15) is 5.82 Å². The molecule has 0 unspecified atom stereocenters. The van der Waals surface area contributed by atoms with Gasteiger partial charge in [-0.05, 0) is 13.8 Å². The van der Waals surface area contributed by atoms with E-state index in [9.17, 15) is 9.59 Å². The Morgan fingerprint density at radius 1 is 1.38 bits per heavy atom. The summed E-state index contributed by atoms with van der Waals surface area (Å²) in [5, 5.41) is 2.67. The monoisotopic (exact) mass is 334 g/mol. The summed E-state index contributed by atoms with van der Waals surface area (Å²) in [6.45, 7) is 9.96. The van der Waals surface area contributed by atoms with Gasteiger partial charge in [-0.2, -0.15) is 0 Å². The summed E-state index contributed by atoms with van der Waals surface area (Å²) in [5.41, 5.74) is 0. The number of aromatic nitrogens is 2. The van der Waals surface area contributed by atoms with Crippen LogP contribution in [0, 0.1) is 0 Å². The van der Waals surface area contributed by atoms with Crippen molar-refractivity contribution in [1.82, 2.24) is 29.6 Å². The van der Waals surface area contributed by atoms with Crippen LogP contribution in [-0.4, -0.2) is 81.5 Å². The zero-order valence-electron chi connectivity index (χ0n) is 14.4. The number of carbonyl (C=O) groups is 2. The highest BCUT2D eigenvalue weighted by atomic mass is 16.2. The van der Waals surface area contributed by atoms with Crippen LogP contribution in [0.25, 0.3) is 0 Å². The first-order chi connectivity index (χ1) is 11.6. The van der Waals surface area contributed by atoms with Crippen molar-refractivity contribution >= 4 is 11.9 Å². The van der Waals surface area contributed by atoms with Gasteiger partial charge in [-0.3, -0.25) is 19.5 Å². The molecule has 2 aliphatic rings. The maximum Gasteiger partial charge on any atom is 0.324 e. The van der Waals surface area contributed by atoms with Crippen LogP contribution in [0.2, 0.25) is 0 Å². The molecule has 132 valence electrons. The van der Waals surface area contributed by atoms with Gasteiger partial charge in [0.2, 0.25) is 5.91 Å². The summed E-state index contributed by atoms with van der Waals surface area (Å²) < 4.78 is 2.16. The summed E-state index contributed by atoms with van der Waals surface area (Å²) in [4.78, 5) is 34.1. The number of piperazine rings is 1. The number of aryl methyl sites for hydroxylation is 1. The van der Waals surface area contributed by atoms with Crippen molar-refractivity contribution in [2.45, 2.75) is 33.0 Å². The molecule has 2 saturated heterocycles. The molecule has 0 bridgehead atoms. The first-order valence-corrected chi connectivity index (χ1v) is 8.63. The van der Waals surface area contributed by atoms with E-state index in [0.29, 0.717) is 25.7 Å². The highest BCUT2D eigenvalue weighted by molar-refractivity contribution is 5.96. The second-order valence-electron chi connectivity index (χ2n) is 6.46. The quantitative estimate of drug-likeness (QED) is 0.818. The fourth-order valence-electron chi connectivity index (χ4n) is 3.40. The van der Waals surface area contributed by atoms with E-state index in [2.05, 4.69) is 38.5 Å². The third kappa shape index (κ3) is 3.59. The van der Waals surface area contributed by atoms with E-state index in [0.717, 1.165) is 38.5 Å². The number of rotatable bonds is 5. The van der Waals surface area contributed by atoms with Crippen molar-refractivity contribution in [3.8, 4) is 0 Å². The van der Waals surface area contributed by atoms with Crippen LogP contribution in [0.4, 0.5) is 4.79 Å². The predicted octanol–water partition coefficient (Wildman–Crippen LogP) is -0.0391. The summed E-state index contributed by atoms with van der Waals surface area (Å²) in [5.74, 6) is 0.981. The normalized spacial score (nSPS) is 22.8. The molecule has 0 radical (unpaired) electrons. The average molecular weight is 334 g/mol. The van der Waals surface area contributed by atoms with E-state index in [4.69, 9.17) is 0 Å². The SMILES string of the molecule is CCn1ccnc1CN1CCN(CC(=O)N2CCNC2=O)C[C@@H]1C. The highest BCUT2D eigenvalue weighted by Crippen LogP contribution is 2.14. The number of hydrogen-bond acceptors (Lipinski definition) is 5. The Morgan fingerprint density at radius 2 is 2.21 bits per heavy atom. The lowest BCUT2D eigenvalue weighted by atomic mass is 10.2. The Morgan fingerprint density at radius 3 is 2.88 bits per heavy atom. The first-order valence-electron chi connectivity index (χ1n) is 8.63. The lowest BCUT2D eigenvalue weighted by molar-refractivity contribution is -0.129. The van der Waals surface area contributed by atoms with Crippen molar-refractivity contribution in [3.05, 3.63) is 18.2 Å². The van der Waals surface area contributed by atoms with Crippen LogP contribution in [0.1, 0.15) is 19.7 Å². The van der Waals surface area contributed by atoms with E-state index < -0.39 is 0 Å². The number of carbonyl (C=O) groups excluding carboxylic acids is 2. The van der Waals surface area contributed by atoms with E-state index in [-0.39, 0.29) is 11.9 Å². The molecule has 8 heteroatoms. The number of hydrogen-bond donors (Lipinski definition) is 1. The van der Waals surface area contributed by atoms with Crippen LogP contribution in [-0.2, 0) is 17.9 Å². The van der Waals surface area contributed by atoms with Crippen LogP contribution < -0.4 is 5.32 Å². The lowest BCUT2D eigenvalue weighted by Gasteiger charge is -2.39. The minimum absolute atomic E-state index is 0.104. The number of nitrogens with one attached hydrogen (secondary N) is 1.